The van der Waals surface area contributed by atoms with Gasteiger partial charge in [-0.25, -0.2) is 5.01 Å². The largest absolute Gasteiger partial charge is 0.272 e. The van der Waals surface area contributed by atoms with Crippen molar-refractivity contribution in [2.45, 2.75) is 5.37 Å². The van der Waals surface area contributed by atoms with Crippen LogP contribution in [0.25, 0.3) is 0 Å². The third kappa shape index (κ3) is 3.08. The highest BCUT2D eigenvalue weighted by Crippen LogP contribution is 2.37. The van der Waals surface area contributed by atoms with Crippen molar-refractivity contribution in [2.75, 3.05) is 5.75 Å². The first-order valence-corrected chi connectivity index (χ1v) is 7.98. The molecule has 1 fully saturated rings. The van der Waals surface area contributed by atoms with Crippen molar-refractivity contribution in [2.24, 2.45) is 0 Å². The number of pyridine rings is 1. The molecule has 2 aromatic rings. The first-order valence-electron chi connectivity index (χ1n) is 6.55. The van der Waals surface area contributed by atoms with Crippen molar-refractivity contribution < 1.29 is 9.59 Å². The number of hydrazine groups is 1. The molecule has 22 heavy (non-hydrogen) atoms. The smallest absolute Gasteiger partial charge is 0.270 e. The van der Waals surface area contributed by atoms with Crippen LogP contribution in [0.1, 0.15) is 21.3 Å². The Hall–Kier alpha value is -2.05. The zero-order valence-corrected chi connectivity index (χ0v) is 13.0. The highest BCUT2D eigenvalue weighted by atomic mass is 35.5. The lowest BCUT2D eigenvalue weighted by molar-refractivity contribution is -0.130. The Kier molecular flexibility index (Phi) is 4.31. The lowest BCUT2D eigenvalue weighted by Gasteiger charge is -2.24. The van der Waals surface area contributed by atoms with Crippen LogP contribution >= 0.6 is 23.4 Å². The molecule has 0 aliphatic carbocycles. The Morgan fingerprint density at radius 1 is 1.23 bits per heavy atom. The van der Waals surface area contributed by atoms with Crippen LogP contribution in [0.2, 0.25) is 5.02 Å². The van der Waals surface area contributed by atoms with Crippen LogP contribution in [0.3, 0.4) is 0 Å². The maximum atomic E-state index is 12.2. The standard InChI is InChI=1S/C15H12ClN3O2S/c16-12-3-1-11(2-4-12)15-19(13(20)9-22-15)18-14(21)10-5-7-17-8-6-10/h1-8,15H,9H2,(H,18,21). The van der Waals surface area contributed by atoms with Crippen LogP contribution in [0.4, 0.5) is 0 Å². The number of nitrogens with zero attached hydrogens (tertiary/aromatic N) is 2. The fourth-order valence-corrected chi connectivity index (χ4v) is 3.33. The summed E-state index contributed by atoms with van der Waals surface area (Å²) in [6.45, 7) is 0. The van der Waals surface area contributed by atoms with Gasteiger partial charge in [0, 0.05) is 23.0 Å². The molecule has 0 spiro atoms. The van der Waals surface area contributed by atoms with Crippen molar-refractivity contribution in [3.63, 3.8) is 0 Å². The van der Waals surface area contributed by atoms with Crippen molar-refractivity contribution in [3.8, 4) is 0 Å². The number of hydrogen-bond acceptors (Lipinski definition) is 4. The molecule has 1 N–H and O–H groups in total. The van der Waals surface area contributed by atoms with E-state index in [2.05, 4.69) is 10.4 Å². The van der Waals surface area contributed by atoms with Crippen molar-refractivity contribution >= 4 is 35.2 Å². The molecular weight excluding hydrogens is 322 g/mol. The molecule has 112 valence electrons. The van der Waals surface area contributed by atoms with E-state index in [4.69, 9.17) is 11.6 Å². The molecule has 1 saturated heterocycles. The number of halogens is 1. The SMILES string of the molecule is O=C(NN1C(=O)CSC1c1ccc(Cl)cc1)c1ccncc1. The number of carbonyl (C=O) groups excluding carboxylic acids is 2. The Bertz CT molecular complexity index is 694. The van der Waals surface area contributed by atoms with Gasteiger partial charge in [0.15, 0.2) is 0 Å². The molecule has 7 heteroatoms. The van der Waals surface area contributed by atoms with Gasteiger partial charge in [0.1, 0.15) is 5.37 Å². The van der Waals surface area contributed by atoms with E-state index in [0.717, 1.165) is 5.56 Å². The van der Waals surface area contributed by atoms with Gasteiger partial charge in [-0.15, -0.1) is 11.8 Å². The van der Waals surface area contributed by atoms with E-state index in [1.165, 1.54) is 29.2 Å². The molecule has 2 amide bonds. The molecule has 5 nitrogen and oxygen atoms in total. The zero-order chi connectivity index (χ0) is 15.5. The van der Waals surface area contributed by atoms with E-state index in [9.17, 15) is 9.59 Å². The number of aromatic nitrogens is 1. The predicted molar refractivity (Wildman–Crippen MR) is 85.2 cm³/mol. The number of hydrogen-bond donors (Lipinski definition) is 1. The number of nitrogens with one attached hydrogen (secondary N) is 1. The van der Waals surface area contributed by atoms with Crippen LogP contribution < -0.4 is 5.43 Å². The molecule has 0 bridgehead atoms. The van der Waals surface area contributed by atoms with E-state index in [-0.39, 0.29) is 17.2 Å². The summed E-state index contributed by atoms with van der Waals surface area (Å²) in [5.41, 5.74) is 4.04. The lowest BCUT2D eigenvalue weighted by atomic mass is 10.2. The third-order valence-electron chi connectivity index (χ3n) is 3.19. The maximum absolute atomic E-state index is 12.2. The number of benzene rings is 1. The summed E-state index contributed by atoms with van der Waals surface area (Å²) < 4.78 is 0. The second kappa shape index (κ2) is 6.37. The summed E-state index contributed by atoms with van der Waals surface area (Å²) in [5.74, 6) is -0.145. The Balaban J connectivity index is 1.79. The van der Waals surface area contributed by atoms with Gasteiger partial charge in [0.05, 0.1) is 5.75 Å². The van der Waals surface area contributed by atoms with E-state index >= 15 is 0 Å². The number of amides is 2. The summed E-state index contributed by atoms with van der Waals surface area (Å²) >= 11 is 7.35. The molecule has 1 aromatic carbocycles. The molecule has 1 unspecified atom stereocenters. The zero-order valence-electron chi connectivity index (χ0n) is 11.4. The van der Waals surface area contributed by atoms with E-state index in [1.807, 2.05) is 12.1 Å². The van der Waals surface area contributed by atoms with Gasteiger partial charge >= 0.3 is 0 Å². The monoisotopic (exact) mass is 333 g/mol. The quantitative estimate of drug-likeness (QED) is 0.938. The fraction of sp³-hybridized carbons (Fsp3) is 0.133. The number of thioether (sulfide) groups is 1. The van der Waals surface area contributed by atoms with Crippen LogP contribution in [0.15, 0.2) is 48.8 Å². The van der Waals surface area contributed by atoms with Gasteiger partial charge in [-0.1, -0.05) is 23.7 Å². The Labute approximate surface area is 136 Å². The average Bonchev–Trinajstić information content (AvgIpc) is 2.90. The number of carbonyl (C=O) groups is 2. The van der Waals surface area contributed by atoms with E-state index < -0.39 is 0 Å². The van der Waals surface area contributed by atoms with Crippen molar-refractivity contribution in [3.05, 3.63) is 64.9 Å². The van der Waals surface area contributed by atoms with Gasteiger partial charge in [-0.05, 0) is 29.8 Å². The maximum Gasteiger partial charge on any atom is 0.270 e. The molecule has 0 radical (unpaired) electrons. The molecule has 1 aliphatic rings. The van der Waals surface area contributed by atoms with Gasteiger partial charge in [-0.3, -0.25) is 20.0 Å². The minimum atomic E-state index is -0.336. The van der Waals surface area contributed by atoms with E-state index in [0.29, 0.717) is 16.3 Å². The van der Waals surface area contributed by atoms with Crippen molar-refractivity contribution in [1.29, 1.82) is 0 Å². The van der Waals surface area contributed by atoms with Crippen LogP contribution in [-0.2, 0) is 4.79 Å². The molecule has 1 aliphatic heterocycles. The Morgan fingerprint density at radius 2 is 1.91 bits per heavy atom. The van der Waals surface area contributed by atoms with Crippen LogP contribution in [0.5, 0.6) is 0 Å². The van der Waals surface area contributed by atoms with Gasteiger partial charge < -0.3 is 0 Å². The molecule has 0 saturated carbocycles. The number of rotatable bonds is 3. The lowest BCUT2D eigenvalue weighted by Crippen LogP contribution is -2.44. The summed E-state index contributed by atoms with van der Waals surface area (Å²) in [5, 5.41) is 1.75. The molecule has 3 rings (SSSR count). The summed E-state index contributed by atoms with van der Waals surface area (Å²) in [7, 11) is 0. The minimum Gasteiger partial charge on any atom is -0.272 e. The van der Waals surface area contributed by atoms with Crippen LogP contribution in [-0.4, -0.2) is 27.6 Å². The second-order valence-electron chi connectivity index (χ2n) is 4.66. The summed E-state index contributed by atoms with van der Waals surface area (Å²) in [6.07, 6.45) is 3.07. The predicted octanol–water partition coefficient (Wildman–Crippen LogP) is 2.65. The first-order chi connectivity index (χ1) is 10.6. The topological polar surface area (TPSA) is 62.3 Å². The van der Waals surface area contributed by atoms with Gasteiger partial charge in [0.25, 0.3) is 11.8 Å². The molecular formula is C15H12ClN3O2S. The molecule has 1 aromatic heterocycles. The summed E-state index contributed by atoms with van der Waals surface area (Å²) in [6, 6.07) is 10.4. The van der Waals surface area contributed by atoms with Gasteiger partial charge in [-0.2, -0.15) is 0 Å². The average molecular weight is 334 g/mol. The van der Waals surface area contributed by atoms with Crippen LogP contribution in [0, 0.1) is 0 Å². The van der Waals surface area contributed by atoms with E-state index in [1.54, 1.807) is 24.3 Å². The van der Waals surface area contributed by atoms with Crippen molar-refractivity contribution in [1.82, 2.24) is 15.4 Å². The second-order valence-corrected chi connectivity index (χ2v) is 6.16. The third-order valence-corrected chi connectivity index (χ3v) is 4.65. The molecule has 2 heterocycles. The highest BCUT2D eigenvalue weighted by molar-refractivity contribution is 8.00. The molecule has 1 atom stereocenters. The fourth-order valence-electron chi connectivity index (χ4n) is 2.10. The van der Waals surface area contributed by atoms with Gasteiger partial charge in [0.2, 0.25) is 0 Å². The minimum absolute atomic E-state index is 0.132. The normalized spacial score (nSPS) is 17.6. The summed E-state index contributed by atoms with van der Waals surface area (Å²) in [4.78, 5) is 28.1. The Morgan fingerprint density at radius 3 is 2.59 bits per heavy atom. The highest BCUT2D eigenvalue weighted by Gasteiger charge is 2.34. The first kappa shape index (κ1) is 14.9.